The maximum atomic E-state index is 14.0. The van der Waals surface area contributed by atoms with Gasteiger partial charge >= 0.3 is 5.97 Å². The zero-order chi connectivity index (χ0) is 20.1. The minimum Gasteiger partial charge on any atom is -0.489 e. The van der Waals surface area contributed by atoms with Crippen LogP contribution in [0.2, 0.25) is 0 Å². The third-order valence-electron chi connectivity index (χ3n) is 5.17. The molecule has 1 N–H and O–H groups in total. The monoisotopic (exact) mass is 410 g/mol. The van der Waals surface area contributed by atoms with Gasteiger partial charge in [-0.15, -0.1) is 0 Å². The Morgan fingerprint density at radius 2 is 2.21 bits per heavy atom. The predicted octanol–water partition coefficient (Wildman–Crippen LogP) is 4.69. The van der Waals surface area contributed by atoms with Crippen LogP contribution >= 0.6 is 9.24 Å². The van der Waals surface area contributed by atoms with Crippen molar-refractivity contribution in [1.82, 2.24) is 0 Å². The van der Waals surface area contributed by atoms with Gasteiger partial charge in [0.05, 0.1) is 13.2 Å². The van der Waals surface area contributed by atoms with E-state index in [-0.39, 0.29) is 18.4 Å². The standard InChI is InChI=1S/C21H25F2O4P/c22-21(23,28)19-11-17(7-5-15(19)6-8-20(24)25)27-13-16-12-26-10-9-18(16)14-3-1-2-4-14/h1,3,5,7,11,14H,2,4,6,8-10,12-13,28H2,(H,24,25). The number of rotatable bonds is 8. The van der Waals surface area contributed by atoms with Crippen molar-refractivity contribution in [3.05, 3.63) is 52.6 Å². The van der Waals surface area contributed by atoms with Crippen LogP contribution in [0.1, 0.15) is 36.8 Å². The Morgan fingerprint density at radius 3 is 2.89 bits per heavy atom. The predicted molar refractivity (Wildman–Crippen MR) is 106 cm³/mol. The molecule has 0 amide bonds. The molecular formula is C21H25F2O4P. The quantitative estimate of drug-likeness (QED) is 0.499. The molecule has 4 nitrogen and oxygen atoms in total. The van der Waals surface area contributed by atoms with E-state index in [2.05, 4.69) is 12.2 Å². The number of aliphatic carboxylic acids is 1. The molecule has 1 aromatic rings. The third kappa shape index (κ3) is 5.39. The van der Waals surface area contributed by atoms with E-state index >= 15 is 0 Å². The summed E-state index contributed by atoms with van der Waals surface area (Å²) in [6.07, 6.45) is 7.31. The molecule has 7 heteroatoms. The first-order valence-corrected chi connectivity index (χ1v) is 10.0. The van der Waals surface area contributed by atoms with Crippen molar-refractivity contribution in [2.45, 2.75) is 37.8 Å². The first-order valence-electron chi connectivity index (χ1n) is 9.44. The molecular weight excluding hydrogens is 385 g/mol. The van der Waals surface area contributed by atoms with Gasteiger partial charge in [-0.05, 0) is 54.9 Å². The molecule has 2 unspecified atom stereocenters. The molecule has 2 aliphatic rings. The van der Waals surface area contributed by atoms with Crippen molar-refractivity contribution >= 4 is 15.2 Å². The number of alkyl halides is 2. The summed E-state index contributed by atoms with van der Waals surface area (Å²) in [5.74, 6) is -0.250. The summed E-state index contributed by atoms with van der Waals surface area (Å²) in [5, 5.41) is 8.83. The van der Waals surface area contributed by atoms with Gasteiger partial charge in [-0.2, -0.15) is 8.78 Å². The molecule has 152 valence electrons. The highest BCUT2D eigenvalue weighted by atomic mass is 31.0. The lowest BCUT2D eigenvalue weighted by Crippen LogP contribution is -2.20. The number of allylic oxidation sites excluding steroid dienone is 2. The van der Waals surface area contributed by atoms with Crippen LogP contribution in [-0.4, -0.2) is 30.9 Å². The Balaban J connectivity index is 1.76. The second kappa shape index (κ2) is 9.15. The van der Waals surface area contributed by atoms with Gasteiger partial charge in [0.1, 0.15) is 12.4 Å². The number of carboxylic acid groups (broad SMARTS) is 1. The first-order chi connectivity index (χ1) is 13.3. The number of hydrogen-bond acceptors (Lipinski definition) is 3. The molecule has 28 heavy (non-hydrogen) atoms. The highest BCUT2D eigenvalue weighted by molar-refractivity contribution is 7.17. The SMILES string of the molecule is O=C(O)CCc1ccc(OCC2=C(C3C=CCC3)CCOC2)cc1C(F)(F)P. The van der Waals surface area contributed by atoms with Crippen LogP contribution in [0.3, 0.4) is 0 Å². The fourth-order valence-electron chi connectivity index (χ4n) is 3.74. The minimum atomic E-state index is -3.15. The Morgan fingerprint density at radius 1 is 1.39 bits per heavy atom. The molecule has 0 saturated heterocycles. The van der Waals surface area contributed by atoms with Gasteiger partial charge in [0, 0.05) is 12.0 Å². The second-order valence-corrected chi connectivity index (χ2v) is 7.89. The molecule has 1 aliphatic heterocycles. The van der Waals surface area contributed by atoms with E-state index in [9.17, 15) is 13.6 Å². The molecule has 0 bridgehead atoms. The van der Waals surface area contributed by atoms with Crippen molar-refractivity contribution in [2.24, 2.45) is 5.92 Å². The van der Waals surface area contributed by atoms with Crippen LogP contribution in [-0.2, 0) is 21.6 Å². The number of benzene rings is 1. The van der Waals surface area contributed by atoms with E-state index < -0.39 is 11.6 Å². The molecule has 1 aromatic carbocycles. The van der Waals surface area contributed by atoms with Crippen molar-refractivity contribution in [3.8, 4) is 5.75 Å². The van der Waals surface area contributed by atoms with Gasteiger partial charge in [-0.25, -0.2) is 0 Å². The summed E-state index contributed by atoms with van der Waals surface area (Å²) >= 11 is 0. The zero-order valence-corrected chi connectivity index (χ0v) is 16.8. The molecule has 0 spiro atoms. The third-order valence-corrected chi connectivity index (χ3v) is 5.48. The highest BCUT2D eigenvalue weighted by Gasteiger charge is 2.29. The van der Waals surface area contributed by atoms with Gasteiger partial charge in [0.15, 0.2) is 0 Å². The lowest BCUT2D eigenvalue weighted by atomic mass is 9.90. The first kappa shape index (κ1) is 20.9. The van der Waals surface area contributed by atoms with Crippen molar-refractivity contribution in [1.29, 1.82) is 0 Å². The summed E-state index contributed by atoms with van der Waals surface area (Å²) in [5.41, 5.74) is -0.636. The van der Waals surface area contributed by atoms with Crippen molar-refractivity contribution in [2.75, 3.05) is 19.8 Å². The molecule has 3 rings (SSSR count). The number of halogens is 2. The lowest BCUT2D eigenvalue weighted by Gasteiger charge is -2.25. The van der Waals surface area contributed by atoms with Crippen LogP contribution in [0.25, 0.3) is 0 Å². The molecule has 0 fully saturated rings. The lowest BCUT2D eigenvalue weighted by molar-refractivity contribution is -0.136. The van der Waals surface area contributed by atoms with Gasteiger partial charge in [-0.3, -0.25) is 4.79 Å². The van der Waals surface area contributed by atoms with Crippen LogP contribution in [0.4, 0.5) is 8.78 Å². The van der Waals surface area contributed by atoms with Crippen molar-refractivity contribution < 1.29 is 28.2 Å². The van der Waals surface area contributed by atoms with E-state index in [4.69, 9.17) is 14.6 Å². The summed E-state index contributed by atoms with van der Waals surface area (Å²) < 4.78 is 39.4. The number of ether oxygens (including phenoxy) is 2. The summed E-state index contributed by atoms with van der Waals surface area (Å²) in [7, 11) is 1.52. The Hall–Kier alpha value is -1.78. The van der Waals surface area contributed by atoms with Crippen molar-refractivity contribution in [3.63, 3.8) is 0 Å². The average molecular weight is 410 g/mol. The van der Waals surface area contributed by atoms with Gasteiger partial charge in [-0.1, -0.05) is 33.0 Å². The fourth-order valence-corrected chi connectivity index (χ4v) is 4.01. The minimum absolute atomic E-state index is 0.0477. The van der Waals surface area contributed by atoms with Gasteiger partial charge in [0.2, 0.25) is 0 Å². The van der Waals surface area contributed by atoms with E-state index in [1.807, 2.05) is 0 Å². The normalized spacial score (nSPS) is 19.9. The maximum Gasteiger partial charge on any atom is 0.303 e. The van der Waals surface area contributed by atoms with Crippen LogP contribution in [0.15, 0.2) is 41.5 Å². The average Bonchev–Trinajstić information content (AvgIpc) is 3.19. The van der Waals surface area contributed by atoms with E-state index in [0.717, 1.165) is 24.8 Å². The summed E-state index contributed by atoms with van der Waals surface area (Å²) in [6.45, 7) is 1.50. The van der Waals surface area contributed by atoms with Gasteiger partial charge in [0.25, 0.3) is 5.66 Å². The maximum absolute atomic E-state index is 14.0. The Bertz CT molecular complexity index is 783. The zero-order valence-electron chi connectivity index (χ0n) is 15.6. The highest BCUT2D eigenvalue weighted by Crippen LogP contribution is 2.39. The van der Waals surface area contributed by atoms with Crippen LogP contribution < -0.4 is 4.74 Å². The number of carboxylic acids is 1. The van der Waals surface area contributed by atoms with E-state index in [0.29, 0.717) is 37.1 Å². The molecule has 1 heterocycles. The largest absolute Gasteiger partial charge is 0.489 e. The topological polar surface area (TPSA) is 55.8 Å². The summed E-state index contributed by atoms with van der Waals surface area (Å²) in [6, 6.07) is 4.46. The van der Waals surface area contributed by atoms with Crippen LogP contribution in [0, 0.1) is 5.92 Å². The number of carbonyl (C=O) groups is 1. The number of hydrogen-bond donors (Lipinski definition) is 1. The smallest absolute Gasteiger partial charge is 0.303 e. The Labute approximate surface area is 165 Å². The van der Waals surface area contributed by atoms with E-state index in [1.54, 1.807) is 6.07 Å². The number of aryl methyl sites for hydroxylation is 1. The second-order valence-electron chi connectivity index (χ2n) is 7.17. The Kier molecular flexibility index (Phi) is 6.84. The molecule has 2 atom stereocenters. The molecule has 1 aliphatic carbocycles. The fraction of sp³-hybridized carbons (Fsp3) is 0.476. The van der Waals surface area contributed by atoms with Gasteiger partial charge < -0.3 is 14.6 Å². The summed E-state index contributed by atoms with van der Waals surface area (Å²) in [4.78, 5) is 10.8. The van der Waals surface area contributed by atoms with E-state index in [1.165, 1.54) is 26.9 Å². The molecule has 0 aromatic heterocycles. The van der Waals surface area contributed by atoms with Crippen LogP contribution in [0.5, 0.6) is 5.75 Å². The molecule has 0 saturated carbocycles. The molecule has 0 radical (unpaired) electrons.